The fourth-order valence-corrected chi connectivity index (χ4v) is 3.93. The second kappa shape index (κ2) is 13.8. The summed E-state index contributed by atoms with van der Waals surface area (Å²) in [6.45, 7) is 12.5. The fraction of sp³-hybridized carbons (Fsp3) is 0.571. The molecule has 1 unspecified atom stereocenters. The number of methoxy groups -OCH3 is 1. The molecule has 0 N–H and O–H groups in total. The second-order valence-electron chi connectivity index (χ2n) is 9.51. The third kappa shape index (κ3) is 8.23. The summed E-state index contributed by atoms with van der Waals surface area (Å²) in [5.41, 5.74) is 2.22. The van der Waals surface area contributed by atoms with Gasteiger partial charge in [0.05, 0.1) is 20.2 Å². The molecule has 0 saturated heterocycles. The van der Waals surface area contributed by atoms with Crippen LogP contribution in [0, 0.1) is 5.92 Å². The smallest absolute Gasteiger partial charge is 0.242 e. The quantitative estimate of drug-likeness (QED) is 0.375. The summed E-state index contributed by atoms with van der Waals surface area (Å²) < 4.78 is 7.54. The van der Waals surface area contributed by atoms with E-state index in [0.29, 0.717) is 32.0 Å². The molecule has 2 amide bonds. The molecule has 1 heterocycles. The molecule has 1 atom stereocenters. The molecule has 2 aromatic rings. The van der Waals surface area contributed by atoms with E-state index in [1.807, 2.05) is 42.3 Å². The van der Waals surface area contributed by atoms with Crippen LogP contribution >= 0.6 is 0 Å². The fourth-order valence-electron chi connectivity index (χ4n) is 3.93. The van der Waals surface area contributed by atoms with Crippen LogP contribution in [-0.2, 0) is 22.7 Å². The van der Waals surface area contributed by atoms with E-state index in [9.17, 15) is 9.59 Å². The first kappa shape index (κ1) is 27.5. The van der Waals surface area contributed by atoms with Gasteiger partial charge in [-0.2, -0.15) is 0 Å². The summed E-state index contributed by atoms with van der Waals surface area (Å²) in [5.74, 6) is 1.40. The van der Waals surface area contributed by atoms with Gasteiger partial charge in [0.1, 0.15) is 5.75 Å². The standard InChI is InChI=1S/C28H43N3O3/c1-7-11-27(32)30(17-15-22(3)4)21-28(33)31(23(5)8-2)20-25-13-10-16-29(25)19-24-12-9-14-26(18-24)34-6/h9-10,12-14,16,18,22-23H,7-8,11,15,17,19-21H2,1-6H3. The van der Waals surface area contributed by atoms with E-state index in [1.54, 1.807) is 12.0 Å². The Hall–Kier alpha value is -2.76. The molecule has 2 rings (SSSR count). The Kier molecular flexibility index (Phi) is 11.2. The molecule has 6 nitrogen and oxygen atoms in total. The van der Waals surface area contributed by atoms with E-state index < -0.39 is 0 Å². The maximum atomic E-state index is 13.5. The topological polar surface area (TPSA) is 54.8 Å². The van der Waals surface area contributed by atoms with Crippen LogP contribution in [-0.4, -0.2) is 52.4 Å². The van der Waals surface area contributed by atoms with Crippen LogP contribution in [0.2, 0.25) is 0 Å². The van der Waals surface area contributed by atoms with Crippen molar-refractivity contribution in [2.75, 3.05) is 20.2 Å². The highest BCUT2D eigenvalue weighted by Crippen LogP contribution is 2.18. The highest BCUT2D eigenvalue weighted by atomic mass is 16.5. The van der Waals surface area contributed by atoms with Gasteiger partial charge in [0, 0.05) is 37.4 Å². The van der Waals surface area contributed by atoms with Gasteiger partial charge in [-0.05, 0) is 61.9 Å². The van der Waals surface area contributed by atoms with E-state index in [0.717, 1.165) is 36.3 Å². The molecule has 0 saturated carbocycles. The first-order valence-corrected chi connectivity index (χ1v) is 12.6. The summed E-state index contributed by atoms with van der Waals surface area (Å²) >= 11 is 0. The van der Waals surface area contributed by atoms with Gasteiger partial charge in [-0.25, -0.2) is 0 Å². The molecule has 1 aromatic carbocycles. The SMILES string of the molecule is CCCC(=O)N(CCC(C)C)CC(=O)N(Cc1cccn1Cc1cccc(OC)c1)C(C)CC. The number of amides is 2. The van der Waals surface area contributed by atoms with Gasteiger partial charge in [0.15, 0.2) is 0 Å². The lowest BCUT2D eigenvalue weighted by Crippen LogP contribution is -2.46. The highest BCUT2D eigenvalue weighted by Gasteiger charge is 2.24. The van der Waals surface area contributed by atoms with E-state index in [4.69, 9.17) is 4.74 Å². The first-order valence-electron chi connectivity index (χ1n) is 12.6. The molecule has 0 radical (unpaired) electrons. The zero-order chi connectivity index (χ0) is 25.1. The molecule has 0 fully saturated rings. The van der Waals surface area contributed by atoms with Crippen molar-refractivity contribution in [3.8, 4) is 5.75 Å². The van der Waals surface area contributed by atoms with Crippen molar-refractivity contribution in [3.63, 3.8) is 0 Å². The van der Waals surface area contributed by atoms with Crippen molar-refractivity contribution < 1.29 is 14.3 Å². The lowest BCUT2D eigenvalue weighted by Gasteiger charge is -2.32. The number of aromatic nitrogens is 1. The molecule has 34 heavy (non-hydrogen) atoms. The largest absolute Gasteiger partial charge is 0.497 e. The number of hydrogen-bond donors (Lipinski definition) is 0. The molecule has 0 bridgehead atoms. The van der Waals surface area contributed by atoms with Crippen molar-refractivity contribution >= 4 is 11.8 Å². The van der Waals surface area contributed by atoms with Crippen molar-refractivity contribution in [1.29, 1.82) is 0 Å². The Morgan fingerprint density at radius 3 is 2.47 bits per heavy atom. The molecule has 1 aromatic heterocycles. The average Bonchev–Trinajstić information content (AvgIpc) is 3.26. The maximum absolute atomic E-state index is 13.5. The highest BCUT2D eigenvalue weighted by molar-refractivity contribution is 5.85. The molecule has 188 valence electrons. The summed E-state index contributed by atoms with van der Waals surface area (Å²) in [5, 5.41) is 0. The molecular weight excluding hydrogens is 426 g/mol. The number of carbonyl (C=O) groups excluding carboxylic acids is 2. The Morgan fingerprint density at radius 1 is 1.06 bits per heavy atom. The van der Waals surface area contributed by atoms with Crippen LogP contribution in [0.1, 0.15) is 71.6 Å². The molecule has 0 aliphatic carbocycles. The molecule has 6 heteroatoms. The van der Waals surface area contributed by atoms with Gasteiger partial charge >= 0.3 is 0 Å². The van der Waals surface area contributed by atoms with E-state index in [1.165, 1.54) is 0 Å². The average molecular weight is 470 g/mol. The van der Waals surface area contributed by atoms with Gasteiger partial charge in [-0.15, -0.1) is 0 Å². The summed E-state index contributed by atoms with van der Waals surface area (Å²) in [7, 11) is 1.67. The first-order chi connectivity index (χ1) is 16.3. The van der Waals surface area contributed by atoms with Crippen molar-refractivity contribution in [2.45, 2.75) is 79.4 Å². The molecular formula is C28H43N3O3. The number of carbonyl (C=O) groups is 2. The third-order valence-electron chi connectivity index (χ3n) is 6.31. The van der Waals surface area contributed by atoms with Gasteiger partial charge in [0.2, 0.25) is 11.8 Å². The maximum Gasteiger partial charge on any atom is 0.242 e. The van der Waals surface area contributed by atoms with Crippen LogP contribution in [0.5, 0.6) is 5.75 Å². The van der Waals surface area contributed by atoms with E-state index in [-0.39, 0.29) is 24.4 Å². The Balaban J connectivity index is 2.18. The Bertz CT molecular complexity index is 906. The Labute approximate surface area is 205 Å². The third-order valence-corrected chi connectivity index (χ3v) is 6.31. The van der Waals surface area contributed by atoms with Crippen molar-refractivity contribution in [1.82, 2.24) is 14.4 Å². The predicted molar refractivity (Wildman–Crippen MR) is 138 cm³/mol. The van der Waals surface area contributed by atoms with Gasteiger partial charge in [-0.1, -0.05) is 39.8 Å². The lowest BCUT2D eigenvalue weighted by molar-refractivity contribution is -0.142. The monoisotopic (exact) mass is 469 g/mol. The number of benzene rings is 1. The zero-order valence-electron chi connectivity index (χ0n) is 21.9. The minimum absolute atomic E-state index is 0.0108. The predicted octanol–water partition coefficient (Wildman–Crippen LogP) is 5.35. The molecule has 0 aliphatic rings. The van der Waals surface area contributed by atoms with Crippen LogP contribution in [0.25, 0.3) is 0 Å². The van der Waals surface area contributed by atoms with Crippen molar-refractivity contribution in [2.24, 2.45) is 5.92 Å². The minimum Gasteiger partial charge on any atom is -0.497 e. The summed E-state index contributed by atoms with van der Waals surface area (Å²) in [6.07, 6.45) is 5.08. The zero-order valence-corrected chi connectivity index (χ0v) is 21.9. The number of nitrogens with zero attached hydrogens (tertiary/aromatic N) is 3. The minimum atomic E-state index is 0.0108. The summed E-state index contributed by atoms with van der Waals surface area (Å²) in [4.78, 5) is 29.9. The van der Waals surface area contributed by atoms with Crippen LogP contribution < -0.4 is 4.74 Å². The van der Waals surface area contributed by atoms with Gasteiger partial charge in [-0.3, -0.25) is 9.59 Å². The second-order valence-corrected chi connectivity index (χ2v) is 9.51. The van der Waals surface area contributed by atoms with Crippen LogP contribution in [0.15, 0.2) is 42.6 Å². The normalized spacial score (nSPS) is 12.0. The number of rotatable bonds is 14. The van der Waals surface area contributed by atoms with Gasteiger partial charge in [0.25, 0.3) is 0 Å². The summed E-state index contributed by atoms with van der Waals surface area (Å²) in [6, 6.07) is 12.2. The van der Waals surface area contributed by atoms with Crippen LogP contribution in [0.4, 0.5) is 0 Å². The number of ether oxygens (including phenoxy) is 1. The Morgan fingerprint density at radius 2 is 1.82 bits per heavy atom. The van der Waals surface area contributed by atoms with Crippen LogP contribution in [0.3, 0.4) is 0 Å². The molecule has 0 spiro atoms. The lowest BCUT2D eigenvalue weighted by atomic mass is 10.1. The van der Waals surface area contributed by atoms with E-state index in [2.05, 4.69) is 44.4 Å². The molecule has 0 aliphatic heterocycles. The van der Waals surface area contributed by atoms with E-state index >= 15 is 0 Å². The number of hydrogen-bond acceptors (Lipinski definition) is 3. The van der Waals surface area contributed by atoms with Crippen molar-refractivity contribution in [3.05, 3.63) is 53.9 Å². The van der Waals surface area contributed by atoms with Gasteiger partial charge < -0.3 is 19.1 Å².